The van der Waals surface area contributed by atoms with Crippen LogP contribution in [0.25, 0.3) is 0 Å². The molecular weight excluding hydrogens is 180 g/mol. The first-order valence-corrected chi connectivity index (χ1v) is 5.04. The Balaban J connectivity index is 2.74. The van der Waals surface area contributed by atoms with Gasteiger partial charge in [0.15, 0.2) is 0 Å². The Morgan fingerprint density at radius 3 is 3.00 bits per heavy atom. The molecule has 0 amide bonds. The highest BCUT2D eigenvalue weighted by Gasteiger charge is 1.93. The molecule has 0 N–H and O–H groups in total. The van der Waals surface area contributed by atoms with Gasteiger partial charge in [-0.15, -0.1) is 0 Å². The Morgan fingerprint density at radius 2 is 2.36 bits per heavy atom. The lowest BCUT2D eigenvalue weighted by Gasteiger charge is -2.00. The second-order valence-corrected chi connectivity index (χ2v) is 3.27. The zero-order chi connectivity index (χ0) is 8.10. The molecule has 0 atom stereocenters. The summed E-state index contributed by atoms with van der Waals surface area (Å²) in [4.78, 5) is 0. The molecule has 1 aromatic carbocycles. The van der Waals surface area contributed by atoms with E-state index in [-0.39, 0.29) is 0 Å². The van der Waals surface area contributed by atoms with Crippen LogP contribution in [0.15, 0.2) is 24.3 Å². The van der Waals surface area contributed by atoms with Gasteiger partial charge in [0.1, 0.15) is 5.75 Å². The average Bonchev–Trinajstić information content (AvgIpc) is 2.06. The molecular formula is C8H9ClOS. The fraction of sp³-hybridized carbons (Fsp3) is 0.250. The van der Waals surface area contributed by atoms with Crippen LogP contribution in [-0.2, 0) is 5.75 Å². The van der Waals surface area contributed by atoms with Gasteiger partial charge in [-0.05, 0) is 28.4 Å². The second-order valence-electron chi connectivity index (χ2n) is 2.10. The van der Waals surface area contributed by atoms with Crippen LogP contribution >= 0.6 is 21.7 Å². The lowest BCUT2D eigenvalue weighted by atomic mass is 10.2. The summed E-state index contributed by atoms with van der Waals surface area (Å²) in [5.74, 6) is 1.70. The Bertz CT molecular complexity index is 227. The summed E-state index contributed by atoms with van der Waals surface area (Å²) in [6.07, 6.45) is 0. The van der Waals surface area contributed by atoms with E-state index in [2.05, 4.69) is 0 Å². The zero-order valence-electron chi connectivity index (χ0n) is 6.21. The lowest BCUT2D eigenvalue weighted by molar-refractivity contribution is 0.414. The molecule has 0 aliphatic heterocycles. The maximum Gasteiger partial charge on any atom is 0.119 e. The number of hydrogen-bond acceptors (Lipinski definition) is 2. The lowest BCUT2D eigenvalue weighted by Crippen LogP contribution is -1.84. The summed E-state index contributed by atoms with van der Waals surface area (Å²) in [6.45, 7) is 0. The van der Waals surface area contributed by atoms with Gasteiger partial charge in [0, 0.05) is 5.75 Å². The molecule has 0 heterocycles. The summed E-state index contributed by atoms with van der Waals surface area (Å²) in [5, 5.41) is 0. The standard InChI is InChI=1S/C8H9ClOS/c1-10-8-4-2-3-7(5-8)6-11-9/h2-5H,6H2,1H3. The summed E-state index contributed by atoms with van der Waals surface area (Å²) >= 11 is 0. The first-order valence-electron chi connectivity index (χ1n) is 3.23. The summed E-state index contributed by atoms with van der Waals surface area (Å²) in [6, 6.07) is 7.89. The number of benzene rings is 1. The van der Waals surface area contributed by atoms with Crippen molar-refractivity contribution in [3.8, 4) is 5.75 Å². The second kappa shape index (κ2) is 4.52. The Hall–Kier alpha value is -0.340. The quantitative estimate of drug-likeness (QED) is 0.721. The SMILES string of the molecule is COc1cccc(CSCl)c1. The van der Waals surface area contributed by atoms with Crippen LogP contribution in [0.2, 0.25) is 0 Å². The summed E-state index contributed by atoms with van der Waals surface area (Å²) < 4.78 is 5.05. The molecule has 11 heavy (non-hydrogen) atoms. The molecule has 60 valence electrons. The molecule has 0 aliphatic carbocycles. The van der Waals surface area contributed by atoms with Gasteiger partial charge < -0.3 is 4.74 Å². The van der Waals surface area contributed by atoms with E-state index in [0.29, 0.717) is 0 Å². The van der Waals surface area contributed by atoms with Crippen molar-refractivity contribution in [2.24, 2.45) is 0 Å². The number of methoxy groups -OCH3 is 1. The minimum Gasteiger partial charge on any atom is -0.497 e. The monoisotopic (exact) mass is 188 g/mol. The highest BCUT2D eigenvalue weighted by atomic mass is 35.7. The van der Waals surface area contributed by atoms with E-state index in [4.69, 9.17) is 15.4 Å². The molecule has 0 bridgehead atoms. The van der Waals surface area contributed by atoms with Crippen molar-refractivity contribution in [3.63, 3.8) is 0 Å². The van der Waals surface area contributed by atoms with E-state index in [0.717, 1.165) is 11.5 Å². The van der Waals surface area contributed by atoms with Crippen molar-refractivity contribution in [2.75, 3.05) is 7.11 Å². The van der Waals surface area contributed by atoms with Crippen LogP contribution in [0.4, 0.5) is 0 Å². The van der Waals surface area contributed by atoms with E-state index in [1.807, 2.05) is 24.3 Å². The molecule has 1 nitrogen and oxygen atoms in total. The fourth-order valence-electron chi connectivity index (χ4n) is 0.825. The Morgan fingerprint density at radius 1 is 1.55 bits per heavy atom. The Kier molecular flexibility index (Phi) is 3.60. The van der Waals surface area contributed by atoms with E-state index in [1.54, 1.807) is 7.11 Å². The van der Waals surface area contributed by atoms with Gasteiger partial charge in [0.25, 0.3) is 0 Å². The maximum absolute atomic E-state index is 5.51. The fourth-order valence-corrected chi connectivity index (χ4v) is 1.51. The first-order chi connectivity index (χ1) is 5.36. The van der Waals surface area contributed by atoms with Crippen molar-refractivity contribution in [2.45, 2.75) is 5.75 Å². The van der Waals surface area contributed by atoms with Gasteiger partial charge in [0.2, 0.25) is 0 Å². The molecule has 0 fully saturated rings. The number of hydrogen-bond donors (Lipinski definition) is 0. The minimum atomic E-state index is 0.818. The number of rotatable bonds is 3. The predicted molar refractivity (Wildman–Crippen MR) is 50.1 cm³/mol. The van der Waals surface area contributed by atoms with Gasteiger partial charge in [0.05, 0.1) is 7.11 Å². The van der Waals surface area contributed by atoms with Crippen molar-refractivity contribution in [1.82, 2.24) is 0 Å². The summed E-state index contributed by atoms with van der Waals surface area (Å²) in [7, 11) is 8.46. The van der Waals surface area contributed by atoms with Crippen LogP contribution in [0.5, 0.6) is 5.75 Å². The average molecular weight is 189 g/mol. The topological polar surface area (TPSA) is 9.23 Å². The smallest absolute Gasteiger partial charge is 0.119 e. The molecule has 0 saturated heterocycles. The third-order valence-electron chi connectivity index (χ3n) is 1.36. The molecule has 1 aromatic rings. The van der Waals surface area contributed by atoms with Gasteiger partial charge in [-0.3, -0.25) is 0 Å². The normalized spacial score (nSPS) is 9.64. The van der Waals surface area contributed by atoms with Crippen LogP contribution in [0, 0.1) is 0 Å². The minimum absolute atomic E-state index is 0.818. The third-order valence-corrected chi connectivity index (χ3v) is 2.13. The number of ether oxygens (including phenoxy) is 1. The molecule has 3 heteroatoms. The molecule has 0 radical (unpaired) electrons. The van der Waals surface area contributed by atoms with E-state index in [9.17, 15) is 0 Å². The molecule has 0 aliphatic rings. The summed E-state index contributed by atoms with van der Waals surface area (Å²) in [5.41, 5.74) is 1.18. The van der Waals surface area contributed by atoms with Crippen LogP contribution in [0.1, 0.15) is 5.56 Å². The van der Waals surface area contributed by atoms with E-state index in [1.165, 1.54) is 16.5 Å². The van der Waals surface area contributed by atoms with Crippen LogP contribution in [0.3, 0.4) is 0 Å². The van der Waals surface area contributed by atoms with Crippen molar-refractivity contribution in [3.05, 3.63) is 29.8 Å². The first kappa shape index (κ1) is 8.75. The number of halogens is 1. The predicted octanol–water partition coefficient (Wildman–Crippen LogP) is 3.08. The van der Waals surface area contributed by atoms with Crippen molar-refractivity contribution in [1.29, 1.82) is 0 Å². The van der Waals surface area contributed by atoms with Gasteiger partial charge >= 0.3 is 0 Å². The Labute approximate surface area is 75.2 Å². The highest BCUT2D eigenvalue weighted by molar-refractivity contribution is 8.20. The molecule has 0 saturated carbocycles. The van der Waals surface area contributed by atoms with Gasteiger partial charge in [-0.2, -0.15) is 0 Å². The maximum atomic E-state index is 5.51. The van der Waals surface area contributed by atoms with Crippen molar-refractivity contribution < 1.29 is 4.74 Å². The van der Waals surface area contributed by atoms with Gasteiger partial charge in [-0.1, -0.05) is 23.1 Å². The molecule has 0 spiro atoms. The molecule has 0 unspecified atom stereocenters. The largest absolute Gasteiger partial charge is 0.497 e. The van der Waals surface area contributed by atoms with E-state index < -0.39 is 0 Å². The van der Waals surface area contributed by atoms with Crippen molar-refractivity contribution >= 4 is 21.7 Å². The molecule has 1 rings (SSSR count). The third kappa shape index (κ3) is 2.64. The van der Waals surface area contributed by atoms with Gasteiger partial charge in [-0.25, -0.2) is 0 Å². The van der Waals surface area contributed by atoms with E-state index >= 15 is 0 Å². The van der Waals surface area contributed by atoms with Crippen LogP contribution < -0.4 is 4.74 Å². The van der Waals surface area contributed by atoms with Crippen LogP contribution in [-0.4, -0.2) is 7.11 Å². The molecule has 0 aromatic heterocycles. The zero-order valence-corrected chi connectivity index (χ0v) is 7.78. The highest BCUT2D eigenvalue weighted by Crippen LogP contribution is 2.19.